The molecule has 136 valence electrons. The van der Waals surface area contributed by atoms with Crippen molar-refractivity contribution in [1.29, 1.82) is 0 Å². The monoisotopic (exact) mass is 352 g/mol. The van der Waals surface area contributed by atoms with Crippen LogP contribution >= 0.6 is 0 Å². The third-order valence-corrected chi connectivity index (χ3v) is 4.68. The molecule has 0 saturated heterocycles. The van der Waals surface area contributed by atoms with Gasteiger partial charge in [-0.2, -0.15) is 4.98 Å². The van der Waals surface area contributed by atoms with E-state index in [-0.39, 0.29) is 0 Å². The minimum Gasteiger partial charge on any atom is -0.384 e. The summed E-state index contributed by atoms with van der Waals surface area (Å²) in [7, 11) is 0. The molecule has 1 aliphatic rings. The highest BCUT2D eigenvalue weighted by Gasteiger charge is 2.26. The van der Waals surface area contributed by atoms with Gasteiger partial charge in [0.2, 0.25) is 0 Å². The van der Waals surface area contributed by atoms with E-state index >= 15 is 0 Å². The number of aromatic nitrogens is 3. The number of aryl methyl sites for hydroxylation is 2. The van der Waals surface area contributed by atoms with Gasteiger partial charge in [-0.3, -0.25) is 0 Å². The van der Waals surface area contributed by atoms with Gasteiger partial charge >= 0.3 is 0 Å². The van der Waals surface area contributed by atoms with Crippen LogP contribution in [0.1, 0.15) is 42.5 Å². The van der Waals surface area contributed by atoms with Crippen molar-refractivity contribution in [2.75, 3.05) is 6.54 Å². The summed E-state index contributed by atoms with van der Waals surface area (Å²) in [5.41, 5.74) is 4.30. The largest absolute Gasteiger partial charge is 0.384 e. The second kappa shape index (κ2) is 7.33. The molecule has 0 unspecified atom stereocenters. The van der Waals surface area contributed by atoms with Gasteiger partial charge in [0.25, 0.3) is 5.88 Å². The summed E-state index contributed by atoms with van der Waals surface area (Å²) in [6, 6.07) is 8.33. The molecule has 3 aromatic rings. The number of nitrogens with one attached hydrogen (secondary N) is 1. The summed E-state index contributed by atoms with van der Waals surface area (Å²) in [5.74, 6) is 2.55. The molecule has 6 heteroatoms. The van der Waals surface area contributed by atoms with Crippen molar-refractivity contribution in [1.82, 2.24) is 20.2 Å². The first-order valence-corrected chi connectivity index (χ1v) is 9.24. The number of benzene rings is 1. The number of H-pyrrole nitrogens is 1. The number of hydroxylamine groups is 2. The molecule has 26 heavy (non-hydrogen) atoms. The third kappa shape index (κ3) is 3.51. The maximum absolute atomic E-state index is 5.98. The highest BCUT2D eigenvalue weighted by atomic mass is 16.7. The van der Waals surface area contributed by atoms with Gasteiger partial charge in [-0.25, -0.2) is 0 Å². The normalized spacial score (nSPS) is 14.4. The third-order valence-electron chi connectivity index (χ3n) is 4.68. The fourth-order valence-corrected chi connectivity index (χ4v) is 3.28. The second-order valence-electron chi connectivity index (χ2n) is 6.80. The van der Waals surface area contributed by atoms with E-state index < -0.39 is 0 Å². The van der Waals surface area contributed by atoms with Crippen LogP contribution in [0.25, 0.3) is 11.3 Å². The van der Waals surface area contributed by atoms with E-state index in [1.165, 1.54) is 5.56 Å². The zero-order valence-electron chi connectivity index (χ0n) is 15.3. The van der Waals surface area contributed by atoms with Crippen molar-refractivity contribution in [2.24, 2.45) is 0 Å². The number of aromatic amines is 1. The SMILES string of the molecule is CCCCc1nc(ON2CCc3onc(-c4cccc(C)c4)c3C2)c[nH]1. The highest BCUT2D eigenvalue weighted by molar-refractivity contribution is 5.64. The minimum atomic E-state index is 0.619. The fraction of sp³-hybridized carbons (Fsp3) is 0.400. The molecule has 0 radical (unpaired) electrons. The molecule has 2 aromatic heterocycles. The van der Waals surface area contributed by atoms with E-state index in [2.05, 4.69) is 47.2 Å². The van der Waals surface area contributed by atoms with Crippen molar-refractivity contribution in [3.05, 3.63) is 53.2 Å². The Balaban J connectivity index is 1.49. The number of fused-ring (bicyclic) bond motifs is 1. The lowest BCUT2D eigenvalue weighted by molar-refractivity contribution is -0.0764. The Kier molecular flexibility index (Phi) is 4.75. The molecule has 0 aliphatic carbocycles. The lowest BCUT2D eigenvalue weighted by Gasteiger charge is -2.24. The summed E-state index contributed by atoms with van der Waals surface area (Å²) >= 11 is 0. The highest BCUT2D eigenvalue weighted by Crippen LogP contribution is 2.30. The Labute approximate surface area is 153 Å². The Hall–Kier alpha value is -2.60. The van der Waals surface area contributed by atoms with Crippen molar-refractivity contribution >= 4 is 0 Å². The number of unbranched alkanes of at least 4 members (excludes halogenated alkanes) is 1. The van der Waals surface area contributed by atoms with Crippen LogP contribution in [0, 0.1) is 6.92 Å². The first-order chi connectivity index (χ1) is 12.7. The van der Waals surface area contributed by atoms with Gasteiger partial charge in [0, 0.05) is 30.5 Å². The lowest BCUT2D eigenvalue weighted by Crippen LogP contribution is -2.33. The quantitative estimate of drug-likeness (QED) is 0.724. The zero-order chi connectivity index (χ0) is 17.9. The second-order valence-corrected chi connectivity index (χ2v) is 6.80. The average molecular weight is 352 g/mol. The molecule has 1 N–H and O–H groups in total. The van der Waals surface area contributed by atoms with E-state index in [0.29, 0.717) is 12.4 Å². The maximum atomic E-state index is 5.98. The van der Waals surface area contributed by atoms with Crippen LogP contribution in [0.4, 0.5) is 0 Å². The number of hydrogen-bond donors (Lipinski definition) is 1. The maximum Gasteiger partial charge on any atom is 0.255 e. The first-order valence-electron chi connectivity index (χ1n) is 9.24. The lowest BCUT2D eigenvalue weighted by atomic mass is 10.0. The van der Waals surface area contributed by atoms with E-state index in [4.69, 9.17) is 9.36 Å². The number of hydrogen-bond acceptors (Lipinski definition) is 5. The molecule has 3 heterocycles. The van der Waals surface area contributed by atoms with Crippen LogP contribution in [-0.4, -0.2) is 26.7 Å². The summed E-state index contributed by atoms with van der Waals surface area (Å²) in [4.78, 5) is 13.7. The molecule has 1 aliphatic heterocycles. The molecule has 6 nitrogen and oxygen atoms in total. The summed E-state index contributed by atoms with van der Waals surface area (Å²) in [6.45, 7) is 5.65. The van der Waals surface area contributed by atoms with Crippen LogP contribution in [0.5, 0.6) is 5.88 Å². The Morgan fingerprint density at radius 1 is 1.35 bits per heavy atom. The van der Waals surface area contributed by atoms with E-state index in [0.717, 1.165) is 60.6 Å². The first kappa shape index (κ1) is 16.8. The molecular weight excluding hydrogens is 328 g/mol. The molecule has 0 amide bonds. The average Bonchev–Trinajstić information content (AvgIpc) is 3.26. The summed E-state index contributed by atoms with van der Waals surface area (Å²) < 4.78 is 5.57. The van der Waals surface area contributed by atoms with Gasteiger partial charge in [0.15, 0.2) is 0 Å². The van der Waals surface area contributed by atoms with Crippen LogP contribution in [0.15, 0.2) is 35.0 Å². The predicted octanol–water partition coefficient (Wildman–Crippen LogP) is 4.07. The van der Waals surface area contributed by atoms with Gasteiger partial charge in [0.1, 0.15) is 17.3 Å². The molecule has 4 rings (SSSR count). The number of nitrogens with zero attached hydrogens (tertiary/aromatic N) is 3. The fourth-order valence-electron chi connectivity index (χ4n) is 3.28. The van der Waals surface area contributed by atoms with Crippen LogP contribution < -0.4 is 4.84 Å². The Bertz CT molecular complexity index is 884. The molecule has 1 aromatic carbocycles. The molecular formula is C20H24N4O2. The van der Waals surface area contributed by atoms with Gasteiger partial charge in [-0.15, -0.1) is 5.06 Å². The smallest absolute Gasteiger partial charge is 0.255 e. The van der Waals surface area contributed by atoms with Crippen molar-refractivity contribution in [2.45, 2.75) is 46.1 Å². The van der Waals surface area contributed by atoms with E-state index in [1.807, 2.05) is 17.3 Å². The molecule has 0 bridgehead atoms. The zero-order valence-corrected chi connectivity index (χ0v) is 15.3. The number of rotatable bonds is 6. The van der Waals surface area contributed by atoms with E-state index in [9.17, 15) is 0 Å². The van der Waals surface area contributed by atoms with Crippen LogP contribution in [0.2, 0.25) is 0 Å². The van der Waals surface area contributed by atoms with E-state index in [1.54, 1.807) is 0 Å². The van der Waals surface area contributed by atoms with Crippen molar-refractivity contribution in [3.63, 3.8) is 0 Å². The Morgan fingerprint density at radius 2 is 2.27 bits per heavy atom. The molecule has 0 saturated carbocycles. The Morgan fingerprint density at radius 3 is 3.12 bits per heavy atom. The van der Waals surface area contributed by atoms with Gasteiger partial charge in [0.05, 0.1) is 12.7 Å². The minimum absolute atomic E-state index is 0.619. The number of imidazole rings is 1. The standard InChI is InChI=1S/C20H24N4O2/c1-3-4-8-18-21-12-19(22-18)26-24-10-9-17-16(13-24)20(23-25-17)15-7-5-6-14(2)11-15/h5-7,11-12H,3-4,8-10,13H2,1-2H3,(H,21,22). The molecule has 0 fully saturated rings. The summed E-state index contributed by atoms with van der Waals surface area (Å²) in [6.07, 6.45) is 5.84. The van der Waals surface area contributed by atoms with Crippen molar-refractivity contribution < 1.29 is 9.36 Å². The van der Waals surface area contributed by atoms with Gasteiger partial charge in [-0.05, 0) is 19.4 Å². The van der Waals surface area contributed by atoms with Crippen LogP contribution in [-0.2, 0) is 19.4 Å². The predicted molar refractivity (Wildman–Crippen MR) is 98.6 cm³/mol. The molecule has 0 spiro atoms. The summed E-state index contributed by atoms with van der Waals surface area (Å²) in [5, 5.41) is 6.24. The van der Waals surface area contributed by atoms with Crippen molar-refractivity contribution in [3.8, 4) is 17.1 Å². The topological polar surface area (TPSA) is 67.2 Å². The van der Waals surface area contributed by atoms with Crippen LogP contribution in [0.3, 0.4) is 0 Å². The van der Waals surface area contributed by atoms with Gasteiger partial charge < -0.3 is 14.3 Å². The molecule has 0 atom stereocenters. The van der Waals surface area contributed by atoms with Gasteiger partial charge in [-0.1, -0.05) is 42.3 Å².